The predicted molar refractivity (Wildman–Crippen MR) is 142 cm³/mol. The molecule has 6 rings (SSSR count). The van der Waals surface area contributed by atoms with E-state index in [9.17, 15) is 0 Å². The van der Waals surface area contributed by atoms with Crippen molar-refractivity contribution in [2.75, 3.05) is 0 Å². The van der Waals surface area contributed by atoms with Crippen molar-refractivity contribution in [3.05, 3.63) is 133 Å². The first kappa shape index (κ1) is 17.4. The van der Waals surface area contributed by atoms with Crippen LogP contribution in [0.2, 0.25) is 0 Å². The molecule has 0 heteroatoms. The van der Waals surface area contributed by atoms with Gasteiger partial charge in [0.15, 0.2) is 0 Å². The van der Waals surface area contributed by atoms with Crippen LogP contribution in [0.25, 0.3) is 54.9 Å². The van der Waals surface area contributed by atoms with Gasteiger partial charge in [-0.15, -0.1) is 0 Å². The summed E-state index contributed by atoms with van der Waals surface area (Å²) < 4.78 is 16.8. The summed E-state index contributed by atoms with van der Waals surface area (Å²) in [5.74, 6) is 0. The van der Waals surface area contributed by atoms with E-state index in [1.165, 1.54) is 38.2 Å². The van der Waals surface area contributed by atoms with E-state index in [-0.39, 0.29) is 0 Å². The molecule has 0 nitrogen and oxygen atoms in total. The largest absolute Gasteiger partial charge is 0.0626 e. The lowest BCUT2D eigenvalue weighted by Crippen LogP contribution is -1.92. The van der Waals surface area contributed by atoms with Crippen LogP contribution in [-0.4, -0.2) is 0 Å². The fraction of sp³-hybridized carbons (Fsp3) is 0.0303. The predicted octanol–water partition coefficient (Wildman–Crippen LogP) is 9.30. The number of hydrogen-bond donors (Lipinski definition) is 0. The van der Waals surface area contributed by atoms with Gasteiger partial charge in [-0.05, 0) is 61.8 Å². The third kappa shape index (κ3) is 3.32. The number of hydrogen-bond acceptors (Lipinski definition) is 0. The molecule has 0 heterocycles. The molecule has 0 aliphatic rings. The minimum absolute atomic E-state index is 0.399. The quantitative estimate of drug-likeness (QED) is 0.249. The van der Waals surface area contributed by atoms with Crippen LogP contribution in [0.4, 0.5) is 0 Å². The average Bonchev–Trinajstić information content (AvgIpc) is 2.90. The number of fused-ring (bicyclic) bond motifs is 2. The fourth-order valence-electron chi connectivity index (χ4n) is 4.90. The summed E-state index contributed by atoms with van der Waals surface area (Å²) in [5.41, 5.74) is 7.40. The third-order valence-electron chi connectivity index (χ3n) is 6.39. The molecular formula is C33H24. The molecular weight excluding hydrogens is 396 g/mol. The minimum Gasteiger partial charge on any atom is -0.0622 e. The van der Waals surface area contributed by atoms with Crippen molar-refractivity contribution in [3.8, 4) is 33.4 Å². The average molecular weight is 423 g/mol. The Kier molecular flexibility index (Phi) is 4.26. The highest BCUT2D eigenvalue weighted by molar-refractivity contribution is 6.22. The number of benzene rings is 6. The molecule has 0 spiro atoms. The van der Waals surface area contributed by atoms with Crippen molar-refractivity contribution in [1.82, 2.24) is 0 Å². The molecule has 0 amide bonds. The van der Waals surface area contributed by atoms with Crippen LogP contribution in [-0.2, 0) is 0 Å². The van der Waals surface area contributed by atoms with Crippen molar-refractivity contribution in [1.29, 1.82) is 0 Å². The molecule has 156 valence electrons. The zero-order valence-electron chi connectivity index (χ0n) is 20.5. The maximum absolute atomic E-state index is 8.39. The van der Waals surface area contributed by atoms with Crippen LogP contribution < -0.4 is 0 Å². The molecule has 0 aromatic heterocycles. The highest BCUT2D eigenvalue weighted by Gasteiger charge is 2.18. The molecule has 0 N–H and O–H groups in total. The Labute approximate surface area is 197 Å². The maximum Gasteiger partial charge on any atom is 0.0626 e. The van der Waals surface area contributed by atoms with Crippen molar-refractivity contribution < 1.29 is 2.74 Å². The van der Waals surface area contributed by atoms with Crippen LogP contribution in [0.3, 0.4) is 0 Å². The summed E-state index contributed by atoms with van der Waals surface area (Å²) in [6.45, 7) is 1.84. The van der Waals surface area contributed by atoms with Crippen molar-refractivity contribution in [2.45, 2.75) is 6.92 Å². The normalized spacial score (nSPS) is 12.0. The van der Waals surface area contributed by atoms with Gasteiger partial charge in [0.1, 0.15) is 0 Å². The Morgan fingerprint density at radius 3 is 1.45 bits per heavy atom. The van der Waals surface area contributed by atoms with Crippen molar-refractivity contribution >= 4 is 21.5 Å². The van der Waals surface area contributed by atoms with Gasteiger partial charge < -0.3 is 0 Å². The summed E-state index contributed by atoms with van der Waals surface area (Å²) in [6.07, 6.45) is 0. The molecule has 0 aliphatic carbocycles. The number of rotatable bonds is 3. The van der Waals surface area contributed by atoms with Crippen LogP contribution in [0.15, 0.2) is 127 Å². The summed E-state index contributed by atoms with van der Waals surface area (Å²) in [6, 6.07) is 40.8. The second-order valence-electron chi connectivity index (χ2n) is 8.41. The highest BCUT2D eigenvalue weighted by Crippen LogP contribution is 2.45. The van der Waals surface area contributed by atoms with Crippen molar-refractivity contribution in [2.24, 2.45) is 0 Å². The molecule has 0 atom stereocenters. The van der Waals surface area contributed by atoms with Gasteiger partial charge in [0.25, 0.3) is 0 Å². The van der Waals surface area contributed by atoms with E-state index in [1.807, 2.05) is 25.1 Å². The Morgan fingerprint density at radius 2 is 0.879 bits per heavy atom. The molecule has 0 saturated carbocycles. The lowest BCUT2D eigenvalue weighted by atomic mass is 9.84. The summed E-state index contributed by atoms with van der Waals surface area (Å²) in [7, 11) is 0. The second-order valence-corrected chi connectivity index (χ2v) is 8.41. The smallest absolute Gasteiger partial charge is 0.0622 e. The zero-order valence-corrected chi connectivity index (χ0v) is 18.5. The van der Waals surface area contributed by atoms with E-state index in [2.05, 4.69) is 97.1 Å². The van der Waals surface area contributed by atoms with Gasteiger partial charge >= 0.3 is 0 Å². The van der Waals surface area contributed by atoms with Gasteiger partial charge in [-0.25, -0.2) is 0 Å². The SMILES string of the molecule is [2H]c1cc(-c2ccccc2-c2c3ccccc3c(-c3ccccc3)c3ccccc23)cc([2H])c1C. The molecule has 6 aromatic rings. The monoisotopic (exact) mass is 422 g/mol. The Morgan fingerprint density at radius 1 is 0.424 bits per heavy atom. The van der Waals surface area contributed by atoms with E-state index >= 15 is 0 Å². The minimum atomic E-state index is 0.399. The van der Waals surface area contributed by atoms with Gasteiger partial charge in [-0.1, -0.05) is 133 Å². The Bertz CT molecular complexity index is 1640. The van der Waals surface area contributed by atoms with Crippen LogP contribution in [0.5, 0.6) is 0 Å². The van der Waals surface area contributed by atoms with Crippen LogP contribution in [0.1, 0.15) is 8.30 Å². The molecule has 0 radical (unpaired) electrons. The second kappa shape index (κ2) is 8.07. The standard InChI is InChI=1S/C33H24/c1-23-19-21-24(22-20-23)26-13-5-6-14-27(26)33-30-17-9-7-15-28(30)32(25-11-3-2-4-12-25)29-16-8-10-18-31(29)33/h2-22H,1H3/i19D,20D. The molecule has 0 bridgehead atoms. The molecule has 0 saturated heterocycles. The topological polar surface area (TPSA) is 0 Å². The van der Waals surface area contributed by atoms with E-state index in [1.54, 1.807) is 0 Å². The van der Waals surface area contributed by atoms with E-state index in [4.69, 9.17) is 2.74 Å². The molecule has 33 heavy (non-hydrogen) atoms. The van der Waals surface area contributed by atoms with Gasteiger partial charge in [0.2, 0.25) is 0 Å². The lowest BCUT2D eigenvalue weighted by molar-refractivity contribution is 1.47. The summed E-state index contributed by atoms with van der Waals surface area (Å²) in [5, 5.41) is 4.82. The van der Waals surface area contributed by atoms with Gasteiger partial charge in [-0.2, -0.15) is 0 Å². The summed E-state index contributed by atoms with van der Waals surface area (Å²) in [4.78, 5) is 0. The van der Waals surface area contributed by atoms with Gasteiger partial charge in [-0.3, -0.25) is 0 Å². The Hall–Kier alpha value is -4.16. The van der Waals surface area contributed by atoms with E-state index < -0.39 is 0 Å². The van der Waals surface area contributed by atoms with E-state index in [0.29, 0.717) is 17.6 Å². The van der Waals surface area contributed by atoms with Crippen LogP contribution in [0, 0.1) is 6.92 Å². The highest BCUT2D eigenvalue weighted by atomic mass is 14.2. The summed E-state index contributed by atoms with van der Waals surface area (Å²) >= 11 is 0. The zero-order chi connectivity index (χ0) is 23.9. The van der Waals surface area contributed by atoms with Crippen molar-refractivity contribution in [3.63, 3.8) is 0 Å². The third-order valence-corrected chi connectivity index (χ3v) is 6.39. The first-order valence-corrected chi connectivity index (χ1v) is 11.3. The van der Waals surface area contributed by atoms with Crippen LogP contribution >= 0.6 is 0 Å². The molecule has 0 aliphatic heterocycles. The Balaban J connectivity index is 1.75. The van der Waals surface area contributed by atoms with Gasteiger partial charge in [0, 0.05) is 0 Å². The first-order chi connectivity index (χ1) is 17.1. The van der Waals surface area contributed by atoms with E-state index in [0.717, 1.165) is 16.7 Å². The molecule has 0 unspecified atom stereocenters. The van der Waals surface area contributed by atoms with Gasteiger partial charge in [0.05, 0.1) is 2.74 Å². The molecule has 0 fully saturated rings. The maximum atomic E-state index is 8.39. The first-order valence-electron chi connectivity index (χ1n) is 12.3. The molecule has 6 aromatic carbocycles. The fourth-order valence-corrected chi connectivity index (χ4v) is 4.90. The lowest BCUT2D eigenvalue weighted by Gasteiger charge is -2.19.